The van der Waals surface area contributed by atoms with Crippen LogP contribution in [0.15, 0.2) is 27.6 Å². The lowest BCUT2D eigenvalue weighted by atomic mass is 10.0. The van der Waals surface area contributed by atoms with Gasteiger partial charge in [-0.25, -0.2) is 0 Å². The van der Waals surface area contributed by atoms with Crippen molar-refractivity contribution in [3.05, 3.63) is 28.2 Å². The minimum Gasteiger partial charge on any atom is -0.282 e. The van der Waals surface area contributed by atoms with Gasteiger partial charge >= 0.3 is 0 Å². The van der Waals surface area contributed by atoms with Gasteiger partial charge in [-0.15, -0.1) is 0 Å². The Kier molecular flexibility index (Phi) is 3.34. The van der Waals surface area contributed by atoms with E-state index in [1.54, 1.807) is 6.07 Å². The molecule has 0 unspecified atom stereocenters. The van der Waals surface area contributed by atoms with Gasteiger partial charge in [-0.05, 0) is 23.6 Å². The molecule has 0 spiro atoms. The molecule has 1 aromatic rings. The first kappa shape index (κ1) is 11.7. The van der Waals surface area contributed by atoms with E-state index in [0.717, 1.165) is 5.56 Å². The van der Waals surface area contributed by atoms with Gasteiger partial charge in [0.05, 0.1) is 4.90 Å². The van der Waals surface area contributed by atoms with Gasteiger partial charge in [-0.3, -0.25) is 4.55 Å². The van der Waals surface area contributed by atoms with Gasteiger partial charge < -0.3 is 0 Å². The van der Waals surface area contributed by atoms with E-state index in [4.69, 9.17) is 4.55 Å². The van der Waals surface area contributed by atoms with Crippen molar-refractivity contribution in [2.45, 2.75) is 24.7 Å². The van der Waals surface area contributed by atoms with Gasteiger partial charge in [0.2, 0.25) is 0 Å². The highest BCUT2D eigenvalue weighted by atomic mass is 79.9. The lowest BCUT2D eigenvalue weighted by molar-refractivity contribution is 0.483. The largest absolute Gasteiger partial charge is 0.294 e. The van der Waals surface area contributed by atoms with E-state index in [-0.39, 0.29) is 4.90 Å². The fraction of sp³-hybridized carbons (Fsp3) is 0.333. The van der Waals surface area contributed by atoms with Crippen molar-refractivity contribution >= 4 is 26.0 Å². The summed E-state index contributed by atoms with van der Waals surface area (Å²) < 4.78 is 31.1. The highest BCUT2D eigenvalue weighted by molar-refractivity contribution is 9.10. The van der Waals surface area contributed by atoms with E-state index in [9.17, 15) is 8.42 Å². The van der Waals surface area contributed by atoms with Gasteiger partial charge in [0.15, 0.2) is 0 Å². The van der Waals surface area contributed by atoms with E-state index < -0.39 is 10.1 Å². The highest BCUT2D eigenvalue weighted by Gasteiger charge is 2.12. The van der Waals surface area contributed by atoms with Crippen LogP contribution in [0.2, 0.25) is 0 Å². The lowest BCUT2D eigenvalue weighted by Crippen LogP contribution is -1.99. The quantitative estimate of drug-likeness (QED) is 0.847. The summed E-state index contributed by atoms with van der Waals surface area (Å²) in [6.07, 6.45) is 0. The molecule has 1 N–H and O–H groups in total. The Balaban J connectivity index is 3.27. The van der Waals surface area contributed by atoms with Crippen LogP contribution < -0.4 is 0 Å². The first-order valence-electron chi connectivity index (χ1n) is 4.09. The summed E-state index contributed by atoms with van der Waals surface area (Å²) in [5, 5.41) is 0. The number of rotatable bonds is 2. The summed E-state index contributed by atoms with van der Waals surface area (Å²) in [7, 11) is -4.10. The summed E-state index contributed by atoms with van der Waals surface area (Å²) in [4.78, 5) is -0.0891. The molecule has 0 amide bonds. The summed E-state index contributed by atoms with van der Waals surface area (Å²) in [6, 6.07) is 4.50. The first-order chi connectivity index (χ1) is 6.32. The van der Waals surface area contributed by atoms with Gasteiger partial charge in [-0.2, -0.15) is 8.42 Å². The molecular formula is C9H11BrO3S. The second-order valence-electron chi connectivity index (χ2n) is 3.31. The van der Waals surface area contributed by atoms with Crippen molar-refractivity contribution in [2.24, 2.45) is 0 Å². The summed E-state index contributed by atoms with van der Waals surface area (Å²) in [5.41, 5.74) is 1.01. The normalized spacial score (nSPS) is 12.1. The molecule has 0 aliphatic rings. The molecule has 0 atom stereocenters. The van der Waals surface area contributed by atoms with Gasteiger partial charge in [0, 0.05) is 4.47 Å². The molecule has 78 valence electrons. The third-order valence-corrected chi connectivity index (χ3v) is 3.43. The minimum absolute atomic E-state index is 0.0891. The van der Waals surface area contributed by atoms with Crippen LogP contribution in [0.4, 0.5) is 0 Å². The van der Waals surface area contributed by atoms with Crippen LogP contribution >= 0.6 is 15.9 Å². The van der Waals surface area contributed by atoms with Crippen molar-refractivity contribution < 1.29 is 13.0 Å². The van der Waals surface area contributed by atoms with Crippen molar-refractivity contribution in [3.8, 4) is 0 Å². The second-order valence-corrected chi connectivity index (χ2v) is 5.59. The minimum atomic E-state index is -4.10. The monoisotopic (exact) mass is 278 g/mol. The molecule has 0 radical (unpaired) electrons. The van der Waals surface area contributed by atoms with Crippen LogP contribution in [0.25, 0.3) is 0 Å². The predicted octanol–water partition coefficient (Wildman–Crippen LogP) is 2.82. The number of hydrogen-bond donors (Lipinski definition) is 1. The Morgan fingerprint density at radius 2 is 1.93 bits per heavy atom. The van der Waals surface area contributed by atoms with Crippen molar-refractivity contribution in [3.63, 3.8) is 0 Å². The Bertz CT molecular complexity index is 437. The fourth-order valence-corrected chi connectivity index (χ4v) is 2.63. The predicted molar refractivity (Wildman–Crippen MR) is 58.0 cm³/mol. The van der Waals surface area contributed by atoms with Crippen LogP contribution in [0.3, 0.4) is 0 Å². The molecular weight excluding hydrogens is 268 g/mol. The molecule has 5 heteroatoms. The van der Waals surface area contributed by atoms with E-state index >= 15 is 0 Å². The fourth-order valence-electron chi connectivity index (χ4n) is 1.14. The Morgan fingerprint density at radius 3 is 2.29 bits per heavy atom. The molecule has 1 aromatic carbocycles. The van der Waals surface area contributed by atoms with Crippen molar-refractivity contribution in [2.75, 3.05) is 0 Å². The topological polar surface area (TPSA) is 54.4 Å². The van der Waals surface area contributed by atoms with E-state index in [1.165, 1.54) is 12.1 Å². The maximum atomic E-state index is 10.8. The second kappa shape index (κ2) is 4.00. The molecule has 3 nitrogen and oxygen atoms in total. The molecule has 0 aromatic heterocycles. The molecule has 0 aliphatic carbocycles. The van der Waals surface area contributed by atoms with E-state index in [0.29, 0.717) is 10.4 Å². The Labute approximate surface area is 92.0 Å². The third-order valence-electron chi connectivity index (χ3n) is 1.89. The molecule has 0 bridgehead atoms. The molecule has 1 rings (SSSR count). The van der Waals surface area contributed by atoms with Crippen molar-refractivity contribution in [1.82, 2.24) is 0 Å². The number of benzene rings is 1. The molecule has 0 heterocycles. The lowest BCUT2D eigenvalue weighted by Gasteiger charge is -2.08. The average molecular weight is 279 g/mol. The molecule has 0 saturated heterocycles. The van der Waals surface area contributed by atoms with Crippen molar-refractivity contribution in [1.29, 1.82) is 0 Å². The van der Waals surface area contributed by atoms with Gasteiger partial charge in [0.25, 0.3) is 10.1 Å². The van der Waals surface area contributed by atoms with Gasteiger partial charge in [0.1, 0.15) is 0 Å². The summed E-state index contributed by atoms with van der Waals surface area (Å²) >= 11 is 3.26. The van der Waals surface area contributed by atoms with E-state index in [2.05, 4.69) is 15.9 Å². The standard InChI is InChI=1S/C9H11BrO3S/c1-6(2)8-4-3-7(5-9(8)10)14(11,12)13/h3-6H,1-2H3,(H,11,12,13). The molecule has 0 saturated carbocycles. The van der Waals surface area contributed by atoms with Crippen LogP contribution in [-0.2, 0) is 10.1 Å². The maximum absolute atomic E-state index is 10.8. The molecule has 0 fully saturated rings. The number of hydrogen-bond acceptors (Lipinski definition) is 2. The third kappa shape index (κ3) is 2.56. The highest BCUT2D eigenvalue weighted by Crippen LogP contribution is 2.26. The first-order valence-corrected chi connectivity index (χ1v) is 6.32. The van der Waals surface area contributed by atoms with E-state index in [1.807, 2.05) is 13.8 Å². The summed E-state index contributed by atoms with van der Waals surface area (Å²) in [6.45, 7) is 4.01. The molecule has 0 aliphatic heterocycles. The van der Waals surface area contributed by atoms with Gasteiger partial charge in [-0.1, -0.05) is 35.8 Å². The van der Waals surface area contributed by atoms with Crippen LogP contribution in [0.5, 0.6) is 0 Å². The molecule has 14 heavy (non-hydrogen) atoms. The number of halogens is 1. The average Bonchev–Trinajstić information content (AvgIpc) is 2.01. The summed E-state index contributed by atoms with van der Waals surface area (Å²) in [5.74, 6) is 0.305. The van der Waals surface area contributed by atoms with Crippen LogP contribution in [0.1, 0.15) is 25.3 Å². The zero-order chi connectivity index (χ0) is 10.9. The van der Waals surface area contributed by atoms with Crippen LogP contribution in [-0.4, -0.2) is 13.0 Å². The zero-order valence-electron chi connectivity index (χ0n) is 7.86. The Morgan fingerprint density at radius 1 is 1.36 bits per heavy atom. The smallest absolute Gasteiger partial charge is 0.282 e. The van der Waals surface area contributed by atoms with Crippen LogP contribution in [0, 0.1) is 0 Å². The zero-order valence-corrected chi connectivity index (χ0v) is 10.3. The maximum Gasteiger partial charge on any atom is 0.294 e. The Hall–Kier alpha value is -0.390. The SMILES string of the molecule is CC(C)c1ccc(S(=O)(=O)O)cc1Br.